The molecule has 3 nitrogen and oxygen atoms in total. The van der Waals surface area contributed by atoms with Crippen molar-refractivity contribution in [2.24, 2.45) is 5.41 Å². The maximum atomic E-state index is 10.4. The first kappa shape index (κ1) is 16.5. The van der Waals surface area contributed by atoms with Crippen molar-refractivity contribution >= 4 is 15.9 Å². The summed E-state index contributed by atoms with van der Waals surface area (Å²) in [5.41, 5.74) is 0.901. The molecule has 0 bridgehead atoms. The van der Waals surface area contributed by atoms with Crippen LogP contribution in [-0.2, 0) is 11.2 Å². The van der Waals surface area contributed by atoms with Gasteiger partial charge in [-0.05, 0) is 29.2 Å². The first-order valence-corrected chi connectivity index (χ1v) is 7.12. The fourth-order valence-corrected chi connectivity index (χ4v) is 2.66. The maximum absolute atomic E-state index is 10.4. The Balaban J connectivity index is 2.89. The molecule has 2 atom stereocenters. The summed E-state index contributed by atoms with van der Waals surface area (Å²) in [5.74, 6) is 0.787. The molecule has 1 N–H and O–H groups in total. The molecule has 1 rings (SSSR count). The third-order valence-electron chi connectivity index (χ3n) is 3.14. The smallest absolute Gasteiger partial charge is 0.119 e. The van der Waals surface area contributed by atoms with Gasteiger partial charge in [-0.2, -0.15) is 0 Å². The lowest BCUT2D eigenvalue weighted by atomic mass is 9.84. The fraction of sp³-hybridized carbons (Fsp3) is 0.600. The van der Waals surface area contributed by atoms with Gasteiger partial charge in [-0.25, -0.2) is 0 Å². The standard InChI is InChI=1S/C15H23BrO3/c1-15(2,3)14(19-5)13(17)9-10-8-11(18-4)6-7-12(10)16/h6-8,13-14,17H,9H2,1-5H3. The van der Waals surface area contributed by atoms with Gasteiger partial charge in [0.15, 0.2) is 0 Å². The van der Waals surface area contributed by atoms with Gasteiger partial charge in [0.05, 0.1) is 19.3 Å². The average Bonchev–Trinajstić information content (AvgIpc) is 2.31. The van der Waals surface area contributed by atoms with Crippen LogP contribution in [0.1, 0.15) is 26.3 Å². The average molecular weight is 331 g/mol. The third kappa shape index (κ3) is 4.48. The van der Waals surface area contributed by atoms with Crippen molar-refractivity contribution < 1.29 is 14.6 Å². The van der Waals surface area contributed by atoms with Crippen molar-refractivity contribution in [1.29, 1.82) is 0 Å². The first-order valence-electron chi connectivity index (χ1n) is 6.33. The number of aliphatic hydroxyl groups excluding tert-OH is 1. The topological polar surface area (TPSA) is 38.7 Å². The largest absolute Gasteiger partial charge is 0.497 e. The van der Waals surface area contributed by atoms with Gasteiger partial charge in [0.1, 0.15) is 5.75 Å². The van der Waals surface area contributed by atoms with Crippen molar-refractivity contribution in [1.82, 2.24) is 0 Å². The van der Waals surface area contributed by atoms with Crippen molar-refractivity contribution in [3.8, 4) is 5.75 Å². The van der Waals surface area contributed by atoms with Crippen molar-refractivity contribution in [3.63, 3.8) is 0 Å². The second-order valence-electron chi connectivity index (χ2n) is 5.75. The van der Waals surface area contributed by atoms with E-state index in [0.717, 1.165) is 15.8 Å². The number of hydrogen-bond acceptors (Lipinski definition) is 3. The summed E-state index contributed by atoms with van der Waals surface area (Å²) in [7, 11) is 3.27. The van der Waals surface area contributed by atoms with Crippen LogP contribution < -0.4 is 4.74 Å². The van der Waals surface area contributed by atoms with E-state index in [9.17, 15) is 5.11 Å². The lowest BCUT2D eigenvalue weighted by molar-refractivity contribution is -0.0699. The van der Waals surface area contributed by atoms with E-state index >= 15 is 0 Å². The van der Waals surface area contributed by atoms with Crippen molar-refractivity contribution in [3.05, 3.63) is 28.2 Å². The molecule has 0 aliphatic heterocycles. The second-order valence-corrected chi connectivity index (χ2v) is 6.61. The Morgan fingerprint density at radius 1 is 1.26 bits per heavy atom. The summed E-state index contributed by atoms with van der Waals surface area (Å²) < 4.78 is 11.6. The van der Waals surface area contributed by atoms with Crippen LogP contribution >= 0.6 is 15.9 Å². The predicted molar refractivity (Wildman–Crippen MR) is 80.7 cm³/mol. The van der Waals surface area contributed by atoms with E-state index in [4.69, 9.17) is 9.47 Å². The molecule has 2 unspecified atom stereocenters. The molecule has 0 aromatic heterocycles. The highest BCUT2D eigenvalue weighted by Gasteiger charge is 2.31. The molecular weight excluding hydrogens is 308 g/mol. The number of hydrogen-bond donors (Lipinski definition) is 1. The van der Waals surface area contributed by atoms with Crippen molar-refractivity contribution in [2.45, 2.75) is 39.4 Å². The van der Waals surface area contributed by atoms with Gasteiger partial charge in [0.2, 0.25) is 0 Å². The quantitative estimate of drug-likeness (QED) is 0.898. The molecule has 0 aliphatic carbocycles. The van der Waals surface area contributed by atoms with Gasteiger partial charge in [-0.3, -0.25) is 0 Å². The summed E-state index contributed by atoms with van der Waals surface area (Å²) in [6, 6.07) is 5.75. The molecule has 4 heteroatoms. The number of ether oxygens (including phenoxy) is 2. The van der Waals surface area contributed by atoms with E-state index < -0.39 is 6.10 Å². The molecule has 0 saturated carbocycles. The van der Waals surface area contributed by atoms with Crippen LogP contribution in [0.2, 0.25) is 0 Å². The van der Waals surface area contributed by atoms with Crippen LogP contribution in [0.3, 0.4) is 0 Å². The van der Waals surface area contributed by atoms with Crippen LogP contribution in [-0.4, -0.2) is 31.5 Å². The number of benzene rings is 1. The Morgan fingerprint density at radius 2 is 1.89 bits per heavy atom. The Bertz CT molecular complexity index is 412. The Morgan fingerprint density at radius 3 is 2.37 bits per heavy atom. The van der Waals surface area contributed by atoms with E-state index in [1.54, 1.807) is 14.2 Å². The zero-order chi connectivity index (χ0) is 14.6. The lowest BCUT2D eigenvalue weighted by Crippen LogP contribution is -2.40. The molecule has 0 amide bonds. The molecule has 1 aromatic rings. The Kier molecular flexibility index (Phi) is 5.83. The summed E-state index contributed by atoms with van der Waals surface area (Å²) in [4.78, 5) is 0. The van der Waals surface area contributed by atoms with E-state index in [-0.39, 0.29) is 11.5 Å². The molecule has 0 aliphatic rings. The van der Waals surface area contributed by atoms with E-state index in [1.807, 2.05) is 18.2 Å². The molecule has 19 heavy (non-hydrogen) atoms. The molecule has 0 spiro atoms. The minimum absolute atomic E-state index is 0.112. The molecule has 0 heterocycles. The van der Waals surface area contributed by atoms with Gasteiger partial charge in [0, 0.05) is 18.0 Å². The molecule has 0 fully saturated rings. The van der Waals surface area contributed by atoms with Crippen LogP contribution in [0.15, 0.2) is 22.7 Å². The van der Waals surface area contributed by atoms with Gasteiger partial charge in [-0.1, -0.05) is 36.7 Å². The first-order chi connectivity index (χ1) is 8.79. The zero-order valence-corrected chi connectivity index (χ0v) is 13.8. The number of methoxy groups -OCH3 is 2. The SMILES string of the molecule is COc1ccc(Br)c(CC(O)C(OC)C(C)(C)C)c1. The van der Waals surface area contributed by atoms with Gasteiger partial charge in [0.25, 0.3) is 0 Å². The summed E-state index contributed by atoms with van der Waals surface area (Å²) in [6.45, 7) is 6.18. The molecule has 1 aromatic carbocycles. The Labute approximate surface area is 124 Å². The highest BCUT2D eigenvalue weighted by Crippen LogP contribution is 2.29. The van der Waals surface area contributed by atoms with Crippen molar-refractivity contribution in [2.75, 3.05) is 14.2 Å². The normalized spacial score (nSPS) is 15.1. The van der Waals surface area contributed by atoms with Crippen LogP contribution in [0.25, 0.3) is 0 Å². The Hall–Kier alpha value is -0.580. The lowest BCUT2D eigenvalue weighted by Gasteiger charge is -2.33. The monoisotopic (exact) mass is 330 g/mol. The van der Waals surface area contributed by atoms with Crippen LogP contribution in [0, 0.1) is 5.41 Å². The maximum Gasteiger partial charge on any atom is 0.119 e. The number of halogens is 1. The minimum atomic E-state index is -0.562. The summed E-state index contributed by atoms with van der Waals surface area (Å²) in [6.07, 6.45) is -0.257. The molecular formula is C15H23BrO3. The van der Waals surface area contributed by atoms with Gasteiger partial charge in [-0.15, -0.1) is 0 Å². The van der Waals surface area contributed by atoms with Gasteiger partial charge >= 0.3 is 0 Å². The summed E-state index contributed by atoms with van der Waals surface area (Å²) in [5, 5.41) is 10.4. The van der Waals surface area contributed by atoms with E-state index in [2.05, 4.69) is 36.7 Å². The van der Waals surface area contributed by atoms with Gasteiger partial charge < -0.3 is 14.6 Å². The molecule has 0 radical (unpaired) electrons. The number of aliphatic hydroxyl groups is 1. The molecule has 108 valence electrons. The highest BCUT2D eigenvalue weighted by molar-refractivity contribution is 9.10. The fourth-order valence-electron chi connectivity index (χ4n) is 2.25. The van der Waals surface area contributed by atoms with Crippen LogP contribution in [0.5, 0.6) is 5.75 Å². The zero-order valence-electron chi connectivity index (χ0n) is 12.2. The number of rotatable bonds is 5. The molecule has 0 saturated heterocycles. The second kappa shape index (κ2) is 6.73. The van der Waals surface area contributed by atoms with E-state index in [1.165, 1.54) is 0 Å². The highest BCUT2D eigenvalue weighted by atomic mass is 79.9. The van der Waals surface area contributed by atoms with Crippen LogP contribution in [0.4, 0.5) is 0 Å². The summed E-state index contributed by atoms with van der Waals surface area (Å²) >= 11 is 3.50. The minimum Gasteiger partial charge on any atom is -0.497 e. The third-order valence-corrected chi connectivity index (χ3v) is 3.91. The van der Waals surface area contributed by atoms with E-state index in [0.29, 0.717) is 6.42 Å². The predicted octanol–water partition coefficient (Wildman–Crippen LogP) is 3.42.